The van der Waals surface area contributed by atoms with E-state index in [1.54, 1.807) is 54.6 Å². The van der Waals surface area contributed by atoms with Gasteiger partial charge in [0.1, 0.15) is 17.1 Å². The molecule has 6 N–H and O–H groups in total. The van der Waals surface area contributed by atoms with E-state index in [-0.39, 0.29) is 177 Å². The van der Waals surface area contributed by atoms with E-state index in [0.717, 1.165) is 85.6 Å². The molecule has 0 spiro atoms. The monoisotopic (exact) mass is 1290 g/mol. The van der Waals surface area contributed by atoms with Crippen molar-refractivity contribution in [2.75, 3.05) is 63.5 Å². The van der Waals surface area contributed by atoms with Crippen LogP contribution < -0.4 is 153 Å². The SMILES string of the molecule is COC(=O)c1ccc2nc(-c3ccccc3)c(Cl)nc2c1.COC(=O)c1ccc2nc(-c3ccccc3)c(N3CCC[C@@H]3CO)nc2c1.O=C(O)c1ccc2nc(-c3ccccc3)c(N3CCC[C@@H]3CO)nc2c1.O=CO[O-].OC[C@H]1CCCN1.[H-].[K+].[K+].[Na+].[OH-]. The minimum Gasteiger partial charge on any atom is -1.00 e. The minimum absolute atomic E-state index is 0. The van der Waals surface area contributed by atoms with Gasteiger partial charge in [0.05, 0.1) is 95.9 Å². The zero-order valence-corrected chi connectivity index (χ0v) is 59.1. The normalized spacial score (nSPS) is 15.2. The first-order valence-electron chi connectivity index (χ1n) is 27.4. The quantitative estimate of drug-likeness (QED) is 0.0317. The van der Waals surface area contributed by atoms with Crippen molar-refractivity contribution in [3.63, 3.8) is 0 Å². The number of fused-ring (bicyclic) bond motifs is 3. The molecule has 89 heavy (non-hydrogen) atoms. The molecular weight excluding hydrogens is 1230 g/mol. The van der Waals surface area contributed by atoms with Crippen molar-refractivity contribution in [3.05, 3.63) is 167 Å². The summed E-state index contributed by atoms with van der Waals surface area (Å²) in [4.78, 5) is 78.2. The molecule has 0 amide bonds. The number of hydrogen-bond donors (Lipinski definition) is 5. The number of aromatic carboxylic acids is 1. The van der Waals surface area contributed by atoms with E-state index in [1.807, 2.05) is 91.0 Å². The molecule has 9 aromatic rings. The number of benzene rings is 6. The number of nitrogens with one attached hydrogen (secondary N) is 1. The first-order chi connectivity index (χ1) is 41.4. The van der Waals surface area contributed by atoms with E-state index < -0.39 is 17.9 Å². The smallest absolute Gasteiger partial charge is 1.00 e. The van der Waals surface area contributed by atoms with E-state index in [4.69, 9.17) is 51.4 Å². The largest absolute Gasteiger partial charge is 1.00 e. The third-order valence-corrected chi connectivity index (χ3v) is 14.5. The first-order valence-corrected chi connectivity index (χ1v) is 27.8. The predicted octanol–water partition coefficient (Wildman–Crippen LogP) is -1.15. The van der Waals surface area contributed by atoms with E-state index >= 15 is 0 Å². The van der Waals surface area contributed by atoms with Gasteiger partial charge in [0.25, 0.3) is 6.47 Å². The number of anilines is 2. The summed E-state index contributed by atoms with van der Waals surface area (Å²) in [6.45, 7) is 2.97. The number of ether oxygens (including phenoxy) is 2. The van der Waals surface area contributed by atoms with Crippen LogP contribution in [-0.2, 0) is 19.2 Å². The van der Waals surface area contributed by atoms with E-state index in [9.17, 15) is 29.7 Å². The summed E-state index contributed by atoms with van der Waals surface area (Å²) in [6, 6.07) is 44.8. The average Bonchev–Trinajstić information content (AvgIpc) is 1.33. The maximum Gasteiger partial charge on any atom is 1.00 e. The van der Waals surface area contributed by atoms with Gasteiger partial charge < -0.3 is 62.1 Å². The zero-order valence-electron chi connectivity index (χ0n) is 51.1. The number of halogens is 1. The van der Waals surface area contributed by atoms with Crippen LogP contribution in [0.15, 0.2) is 146 Å². The Bertz CT molecular complexity index is 3750. The predicted molar refractivity (Wildman–Crippen MR) is 323 cm³/mol. The summed E-state index contributed by atoms with van der Waals surface area (Å²) in [7, 11) is 2.70. The second kappa shape index (κ2) is 38.9. The van der Waals surface area contributed by atoms with Gasteiger partial charge in [-0.2, -0.15) is 0 Å². The van der Waals surface area contributed by atoms with Crippen molar-refractivity contribution < 1.29 is 198 Å². The number of carbonyl (C=O) groups is 4. The van der Waals surface area contributed by atoms with E-state index in [2.05, 4.69) is 34.7 Å². The van der Waals surface area contributed by atoms with Crippen molar-refractivity contribution >= 4 is 80.7 Å². The van der Waals surface area contributed by atoms with Crippen molar-refractivity contribution in [2.24, 2.45) is 0 Å². The van der Waals surface area contributed by atoms with Gasteiger partial charge in [-0.05, 0) is 99.7 Å². The summed E-state index contributed by atoms with van der Waals surface area (Å²) in [5, 5.41) is 49.1. The maximum absolute atomic E-state index is 11.9. The molecule has 0 saturated carbocycles. The van der Waals surface area contributed by atoms with Crippen LogP contribution in [0.4, 0.5) is 11.6 Å². The van der Waals surface area contributed by atoms with Crippen LogP contribution in [0.3, 0.4) is 0 Å². The summed E-state index contributed by atoms with van der Waals surface area (Å²) in [5.74, 6) is -0.365. The fraction of sp³-hybridized carbons (Fsp3) is 0.270. The zero-order chi connectivity index (χ0) is 60.2. The Morgan fingerprint density at radius 2 is 0.955 bits per heavy atom. The summed E-state index contributed by atoms with van der Waals surface area (Å²) >= 11 is 6.21. The molecule has 3 fully saturated rings. The molecular formula is C63H65ClK2N9NaO13. The molecule has 0 aliphatic carbocycles. The molecule has 3 aliphatic heterocycles. The molecule has 6 aromatic carbocycles. The molecule has 3 saturated heterocycles. The Morgan fingerprint density at radius 3 is 1.30 bits per heavy atom. The van der Waals surface area contributed by atoms with Crippen LogP contribution in [0.25, 0.3) is 66.9 Å². The molecule has 22 nitrogen and oxygen atoms in total. The summed E-state index contributed by atoms with van der Waals surface area (Å²) in [6.07, 6.45) is 6.18. The average molecular weight is 1290 g/mol. The van der Waals surface area contributed by atoms with Crippen LogP contribution in [0.5, 0.6) is 0 Å². The molecule has 3 aromatic heterocycles. The molecule has 0 bridgehead atoms. The number of nitrogens with zero attached hydrogens (tertiary/aromatic N) is 8. The van der Waals surface area contributed by atoms with Crippen LogP contribution in [0, 0.1) is 0 Å². The van der Waals surface area contributed by atoms with Crippen molar-refractivity contribution in [1.82, 2.24) is 35.2 Å². The Labute approximate surface area is 627 Å². The van der Waals surface area contributed by atoms with Gasteiger partial charge in [-0.1, -0.05) is 103 Å². The Kier molecular flexibility index (Phi) is 33.4. The van der Waals surface area contributed by atoms with E-state index in [1.165, 1.54) is 20.6 Å². The number of rotatable bonds is 12. The van der Waals surface area contributed by atoms with Gasteiger partial charge in [0, 0.05) is 35.8 Å². The van der Waals surface area contributed by atoms with Crippen LogP contribution in [-0.4, -0.2) is 152 Å². The van der Waals surface area contributed by atoms with Gasteiger partial charge in [0.2, 0.25) is 0 Å². The van der Waals surface area contributed by atoms with Gasteiger partial charge in [-0.25, -0.2) is 44.3 Å². The Morgan fingerprint density at radius 1 is 0.573 bits per heavy atom. The molecule has 6 heterocycles. The molecule has 3 aliphatic rings. The first kappa shape index (κ1) is 76.6. The molecule has 0 radical (unpaired) electrons. The van der Waals surface area contributed by atoms with Crippen molar-refractivity contribution in [1.29, 1.82) is 0 Å². The molecule has 0 unspecified atom stereocenters. The van der Waals surface area contributed by atoms with Crippen LogP contribution in [0.2, 0.25) is 5.15 Å². The second-order valence-corrected chi connectivity index (χ2v) is 20.0. The number of carbonyl (C=O) groups excluding carboxylic acids is 3. The number of carboxylic acids is 1. The molecule has 3 atom stereocenters. The molecule has 450 valence electrons. The number of esters is 2. The third-order valence-electron chi connectivity index (χ3n) is 14.3. The second-order valence-electron chi connectivity index (χ2n) is 19.7. The van der Waals surface area contributed by atoms with Crippen LogP contribution in [0.1, 0.15) is 71.0 Å². The number of aromatic nitrogens is 6. The molecule has 12 rings (SSSR count). The van der Waals surface area contributed by atoms with E-state index in [0.29, 0.717) is 73.5 Å². The Hall–Kier alpha value is -4.86. The topological polar surface area (TPSA) is 326 Å². The maximum atomic E-state index is 11.9. The number of carboxylic acid groups (broad SMARTS) is 1. The van der Waals surface area contributed by atoms with Crippen LogP contribution >= 0.6 is 11.6 Å². The summed E-state index contributed by atoms with van der Waals surface area (Å²) < 4.78 is 9.50. The third kappa shape index (κ3) is 20.3. The number of methoxy groups -OCH3 is 2. The molecule has 26 heteroatoms. The minimum atomic E-state index is -0.989. The fourth-order valence-electron chi connectivity index (χ4n) is 10.0. The van der Waals surface area contributed by atoms with Gasteiger partial charge in [-0.15, -0.1) is 0 Å². The van der Waals surface area contributed by atoms with Gasteiger partial charge in [-0.3, -0.25) is 4.79 Å². The number of aliphatic hydroxyl groups excluding tert-OH is 3. The van der Waals surface area contributed by atoms with Gasteiger partial charge in [0.15, 0.2) is 16.8 Å². The summed E-state index contributed by atoms with van der Waals surface area (Å²) in [5.41, 5.74) is 9.80. The number of aliphatic hydroxyl groups is 3. The standard InChI is InChI=1S/C21H21N3O3.C20H19N3O3.C16H11ClN2O2.C5H11NO.CH2O3.2K.Na.H2O.H/c1-27-21(26)15-9-10-17-18(12-15)23-20(24-11-5-8-16(24)13-25)19(22-17)14-6-3-2-4-7-14;24-12-15-7-4-10-23(15)19-18(13-5-2-1-3-6-13)21-16-9-8-14(20(25)26)11-17(16)22-19;1-21-16(20)11-7-8-12-13(9-11)19-15(17)14(18-12)10-5-3-2-4-6-10;7-4-5-2-1-3-6-5;2-1-4-3;;;;;/h2-4,6-7,9-10,12,16,25H,5,8,11,13H2,1H3;1-3,5-6,8-9,11,15,24H,4,7,10,12H2,(H,25,26);2-9H,1H3;5-7H,1-4H2;1,3H;;;;1H2;/q;;;;;3*+1;;-1/p-2/t16-;15-;;5-;;;;;;/m11.1....../s1. The Balaban J connectivity index is 0.000000318. The van der Waals surface area contributed by atoms with Gasteiger partial charge >= 0.3 is 150 Å². The van der Waals surface area contributed by atoms with Crippen molar-refractivity contribution in [3.8, 4) is 33.8 Å². The van der Waals surface area contributed by atoms with Crippen molar-refractivity contribution in [2.45, 2.75) is 56.7 Å². The number of hydrogen-bond acceptors (Lipinski definition) is 21. The fourth-order valence-corrected chi connectivity index (χ4v) is 10.3.